The highest BCUT2D eigenvalue weighted by molar-refractivity contribution is 6.00. The van der Waals surface area contributed by atoms with Crippen LogP contribution in [0, 0.1) is 0 Å². The number of para-hydroxylation sites is 1. The lowest BCUT2D eigenvalue weighted by molar-refractivity contribution is -0.130. The fraction of sp³-hybridized carbons (Fsp3) is 0.167. The van der Waals surface area contributed by atoms with Gasteiger partial charge in [-0.2, -0.15) is 5.10 Å². The molecule has 5 aromatic rings. The summed E-state index contributed by atoms with van der Waals surface area (Å²) in [5.41, 5.74) is 6.84. The molecule has 47 heavy (non-hydrogen) atoms. The Morgan fingerprint density at radius 2 is 1.43 bits per heavy atom. The third kappa shape index (κ3) is 9.05. The van der Waals surface area contributed by atoms with Gasteiger partial charge in [0.2, 0.25) is 5.91 Å². The second-order valence-electron chi connectivity index (χ2n) is 10.8. The highest BCUT2D eigenvalue weighted by Gasteiger charge is 2.27. The molecule has 0 unspecified atom stereocenters. The fourth-order valence-electron chi connectivity index (χ4n) is 4.98. The molecule has 1 aromatic heterocycles. The lowest BCUT2D eigenvalue weighted by atomic mass is 10.0. The lowest BCUT2D eigenvalue weighted by Gasteiger charge is -2.21. The zero-order valence-electron chi connectivity index (χ0n) is 25.5. The van der Waals surface area contributed by atoms with Gasteiger partial charge >= 0.3 is 6.09 Å². The molecule has 0 aliphatic heterocycles. The summed E-state index contributed by atoms with van der Waals surface area (Å²) in [7, 11) is 0. The van der Waals surface area contributed by atoms with Crippen LogP contribution in [0.1, 0.15) is 22.3 Å². The van der Waals surface area contributed by atoms with Crippen molar-refractivity contribution in [2.24, 2.45) is 5.10 Å². The van der Waals surface area contributed by atoms with Crippen LogP contribution in [0.5, 0.6) is 5.75 Å². The Hall–Kier alpha value is -5.94. The predicted molar refractivity (Wildman–Crippen MR) is 178 cm³/mol. The van der Waals surface area contributed by atoms with Gasteiger partial charge in [-0.3, -0.25) is 9.59 Å². The number of carbonyl (C=O) groups is 3. The summed E-state index contributed by atoms with van der Waals surface area (Å²) in [6.07, 6.45) is 2.64. The Morgan fingerprint density at radius 1 is 0.766 bits per heavy atom. The van der Waals surface area contributed by atoms with E-state index in [1.54, 1.807) is 42.6 Å². The zero-order valence-corrected chi connectivity index (χ0v) is 25.5. The average Bonchev–Trinajstić information content (AvgIpc) is 3.44. The number of hydrogen-bond acceptors (Lipinski definition) is 7. The maximum Gasteiger partial charge on any atom is 0.408 e. The first-order chi connectivity index (χ1) is 22.9. The van der Waals surface area contributed by atoms with E-state index in [0.717, 1.165) is 27.6 Å². The quantitative estimate of drug-likeness (QED) is 0.0980. The van der Waals surface area contributed by atoms with Gasteiger partial charge in [0.05, 0.1) is 12.8 Å². The molecular weight excluding hydrogens is 598 g/mol. The minimum Gasteiger partial charge on any atom is -0.508 e. The van der Waals surface area contributed by atoms with Crippen LogP contribution in [-0.4, -0.2) is 57.6 Å². The fourth-order valence-corrected chi connectivity index (χ4v) is 4.98. The summed E-state index contributed by atoms with van der Waals surface area (Å²) < 4.78 is 7.27. The first-order valence-corrected chi connectivity index (χ1v) is 15.0. The maximum absolute atomic E-state index is 13.4. The largest absolute Gasteiger partial charge is 0.508 e. The maximum atomic E-state index is 13.4. The van der Waals surface area contributed by atoms with E-state index in [1.165, 1.54) is 12.1 Å². The Balaban J connectivity index is 1.27. The highest BCUT2D eigenvalue weighted by atomic mass is 16.5. The smallest absolute Gasteiger partial charge is 0.408 e. The van der Waals surface area contributed by atoms with Gasteiger partial charge in [-0.15, -0.1) is 0 Å². The van der Waals surface area contributed by atoms with Gasteiger partial charge < -0.3 is 30.2 Å². The van der Waals surface area contributed by atoms with Gasteiger partial charge in [0.25, 0.3) is 5.91 Å². The van der Waals surface area contributed by atoms with Crippen molar-refractivity contribution >= 4 is 35.0 Å². The van der Waals surface area contributed by atoms with Gasteiger partial charge in [-0.05, 0) is 34.9 Å². The molecule has 0 bridgehead atoms. The normalized spacial score (nSPS) is 12.4. The third-order valence-corrected chi connectivity index (χ3v) is 7.41. The van der Waals surface area contributed by atoms with Crippen molar-refractivity contribution in [2.45, 2.75) is 31.7 Å². The number of nitrogens with one attached hydrogen (secondary N) is 3. The minimum absolute atomic E-state index is 0.0265. The van der Waals surface area contributed by atoms with Crippen molar-refractivity contribution in [3.8, 4) is 5.75 Å². The second kappa shape index (κ2) is 15.9. The number of rotatable bonds is 13. The monoisotopic (exact) mass is 633 g/mol. The molecule has 0 spiro atoms. The van der Waals surface area contributed by atoms with Gasteiger partial charge in [0.15, 0.2) is 0 Å². The molecule has 5 rings (SSSR count). The minimum atomic E-state index is -1.38. The summed E-state index contributed by atoms with van der Waals surface area (Å²) in [4.78, 5) is 38.9. The van der Waals surface area contributed by atoms with Crippen LogP contribution in [0.2, 0.25) is 0 Å². The number of hydrogen-bond donors (Lipinski definition) is 5. The predicted octanol–water partition coefficient (Wildman–Crippen LogP) is 3.86. The molecule has 0 fully saturated rings. The molecule has 3 amide bonds. The number of phenols is 1. The number of amides is 3. The summed E-state index contributed by atoms with van der Waals surface area (Å²) >= 11 is 0. The van der Waals surface area contributed by atoms with Gasteiger partial charge in [0.1, 0.15) is 24.4 Å². The topological polar surface area (TPSA) is 154 Å². The van der Waals surface area contributed by atoms with Gasteiger partial charge in [-0.25, -0.2) is 10.2 Å². The van der Waals surface area contributed by atoms with Crippen molar-refractivity contribution in [1.82, 2.24) is 20.6 Å². The van der Waals surface area contributed by atoms with Crippen LogP contribution in [0.15, 0.2) is 120 Å². The first-order valence-electron chi connectivity index (χ1n) is 15.0. The molecule has 4 aromatic carbocycles. The molecule has 240 valence electrons. The number of aliphatic hydroxyl groups is 1. The van der Waals surface area contributed by atoms with E-state index in [0.29, 0.717) is 12.1 Å². The molecule has 11 heteroatoms. The number of aromatic nitrogens is 1. The molecular formula is C36H35N5O6. The van der Waals surface area contributed by atoms with E-state index in [4.69, 9.17) is 4.74 Å². The number of alkyl carbamates (subject to hydrolysis) is 1. The third-order valence-electron chi connectivity index (χ3n) is 7.41. The average molecular weight is 634 g/mol. The Labute approximate surface area is 271 Å². The van der Waals surface area contributed by atoms with Crippen LogP contribution in [0.3, 0.4) is 0 Å². The van der Waals surface area contributed by atoms with Crippen molar-refractivity contribution in [2.75, 3.05) is 6.61 Å². The summed E-state index contributed by atoms with van der Waals surface area (Å²) in [6.45, 7) is -0.103. The molecule has 5 N–H and O–H groups in total. The molecule has 2 atom stereocenters. The van der Waals surface area contributed by atoms with E-state index >= 15 is 0 Å². The number of phenolic OH excluding ortho intramolecular Hbond substituents is 1. The number of nitrogens with zero attached hydrogens (tertiary/aromatic N) is 2. The summed E-state index contributed by atoms with van der Waals surface area (Å²) in [6, 6.07) is 30.6. The number of fused-ring (bicyclic) bond motifs is 1. The van der Waals surface area contributed by atoms with Crippen molar-refractivity contribution in [1.29, 1.82) is 0 Å². The Kier molecular flexibility index (Phi) is 11.0. The molecule has 0 radical (unpaired) electrons. The zero-order chi connectivity index (χ0) is 33.0. The lowest BCUT2D eigenvalue weighted by Crippen LogP contribution is -2.55. The summed E-state index contributed by atoms with van der Waals surface area (Å²) in [5, 5.41) is 29.6. The van der Waals surface area contributed by atoms with E-state index in [-0.39, 0.29) is 18.8 Å². The van der Waals surface area contributed by atoms with Crippen LogP contribution in [0.25, 0.3) is 10.9 Å². The molecule has 1 heterocycles. The first kappa shape index (κ1) is 32.5. The van der Waals surface area contributed by atoms with Crippen LogP contribution in [-0.2, 0) is 33.9 Å². The van der Waals surface area contributed by atoms with Crippen LogP contribution >= 0.6 is 0 Å². The van der Waals surface area contributed by atoms with E-state index in [2.05, 4.69) is 37.9 Å². The number of ether oxygens (including phenoxy) is 1. The molecule has 0 aliphatic rings. The standard InChI is InChI=1S/C36H35N5O6/c42-23-32(39-36(46)47-24-27-11-5-2-6-12-27)34(44)38-31(19-25-15-17-29(43)18-16-25)35(45)40-37-20-28-22-41(21-26-9-3-1-4-10-26)33-14-8-7-13-30(28)33/h1-18,20,22,31-32,42-43H,19,21,23-24H2,(H,38,44)(H,39,46)(H,40,45)/b37-20-/t31-,32-/m0/s1. The number of benzene rings is 4. The number of carbonyl (C=O) groups excluding carboxylic acids is 3. The number of aliphatic hydroxyl groups excluding tert-OH is 1. The number of aromatic hydroxyl groups is 1. The Bertz CT molecular complexity index is 1820. The Morgan fingerprint density at radius 3 is 2.13 bits per heavy atom. The van der Waals surface area contributed by atoms with Gasteiger partial charge in [-0.1, -0.05) is 91.0 Å². The summed E-state index contributed by atoms with van der Waals surface area (Å²) in [5.74, 6) is -1.37. The SMILES string of the molecule is O=C(N[C@@H](CO)C(=O)N[C@@H](Cc1ccc(O)cc1)C(=O)N/N=C\c1cn(Cc2ccccc2)c2ccccc12)OCc1ccccc1. The highest BCUT2D eigenvalue weighted by Crippen LogP contribution is 2.21. The van der Waals surface area contributed by atoms with Crippen LogP contribution < -0.4 is 16.1 Å². The molecule has 0 aliphatic carbocycles. The van der Waals surface area contributed by atoms with E-state index in [1.807, 2.05) is 54.7 Å². The van der Waals surface area contributed by atoms with E-state index < -0.39 is 36.6 Å². The molecule has 0 saturated heterocycles. The number of hydrazone groups is 1. The van der Waals surface area contributed by atoms with Crippen molar-refractivity contribution in [3.05, 3.63) is 138 Å². The van der Waals surface area contributed by atoms with Crippen molar-refractivity contribution in [3.63, 3.8) is 0 Å². The van der Waals surface area contributed by atoms with Crippen LogP contribution in [0.4, 0.5) is 4.79 Å². The second-order valence-corrected chi connectivity index (χ2v) is 10.8. The molecule has 11 nitrogen and oxygen atoms in total. The van der Waals surface area contributed by atoms with Gasteiger partial charge in [0, 0.05) is 35.6 Å². The van der Waals surface area contributed by atoms with E-state index in [9.17, 15) is 24.6 Å². The molecule has 0 saturated carbocycles. The van der Waals surface area contributed by atoms with Crippen molar-refractivity contribution < 1.29 is 29.3 Å².